The number of benzene rings is 1. The van der Waals surface area contributed by atoms with Gasteiger partial charge in [0.1, 0.15) is 5.82 Å². The summed E-state index contributed by atoms with van der Waals surface area (Å²) in [6.07, 6.45) is 7.99. The molecule has 0 spiro atoms. The van der Waals surface area contributed by atoms with E-state index in [2.05, 4.69) is 15.3 Å². The zero-order valence-electron chi connectivity index (χ0n) is 17.6. The summed E-state index contributed by atoms with van der Waals surface area (Å²) in [6, 6.07) is 9.82. The highest BCUT2D eigenvalue weighted by Gasteiger charge is 2.32. The molecule has 2 aliphatic rings. The molecule has 6 heteroatoms. The minimum atomic E-state index is -0.162. The summed E-state index contributed by atoms with van der Waals surface area (Å²) >= 11 is 0. The van der Waals surface area contributed by atoms with Crippen LogP contribution in [0.5, 0.6) is 0 Å². The number of amides is 2. The maximum absolute atomic E-state index is 12.8. The van der Waals surface area contributed by atoms with Gasteiger partial charge in [0, 0.05) is 37.7 Å². The van der Waals surface area contributed by atoms with Crippen LogP contribution in [-0.4, -0.2) is 39.8 Å². The Morgan fingerprint density at radius 2 is 1.87 bits per heavy atom. The number of piperidine rings is 1. The first kappa shape index (κ1) is 20.5. The third-order valence-corrected chi connectivity index (χ3v) is 6.34. The fraction of sp³-hybridized carbons (Fsp3) is 0.500. The van der Waals surface area contributed by atoms with Gasteiger partial charge in [-0.25, -0.2) is 9.97 Å². The number of carbonyl (C=O) groups excluding carboxylic acids is 2. The maximum atomic E-state index is 12.8. The summed E-state index contributed by atoms with van der Waals surface area (Å²) in [5, 5.41) is 2.94. The lowest BCUT2D eigenvalue weighted by Crippen LogP contribution is -2.42. The molecule has 2 heterocycles. The second kappa shape index (κ2) is 9.37. The van der Waals surface area contributed by atoms with Gasteiger partial charge in [0.15, 0.2) is 0 Å². The second-order valence-electron chi connectivity index (χ2n) is 8.50. The number of nitrogens with zero attached hydrogens (tertiary/aromatic N) is 3. The van der Waals surface area contributed by atoms with Gasteiger partial charge in [0.2, 0.25) is 5.91 Å². The van der Waals surface area contributed by atoms with Crippen LogP contribution in [0, 0.1) is 12.8 Å². The van der Waals surface area contributed by atoms with E-state index in [1.165, 1.54) is 12.8 Å². The standard InChI is InChI=1S/C24H30N4O2/c1-17-21(23(29)26-14-18-8-3-2-4-9-18)15-25-22(27-17)20-12-7-13-28(16-20)24(30)19-10-5-6-11-19/h2-4,8-9,15,19-20H,5-7,10-14,16H2,1H3,(H,26,29). The lowest BCUT2D eigenvalue weighted by molar-refractivity contribution is -0.136. The molecule has 1 atom stereocenters. The van der Waals surface area contributed by atoms with Crippen LogP contribution in [0.25, 0.3) is 0 Å². The molecule has 1 aromatic carbocycles. The zero-order valence-corrected chi connectivity index (χ0v) is 17.6. The summed E-state index contributed by atoms with van der Waals surface area (Å²) in [7, 11) is 0. The smallest absolute Gasteiger partial charge is 0.254 e. The van der Waals surface area contributed by atoms with E-state index in [9.17, 15) is 9.59 Å². The van der Waals surface area contributed by atoms with Crippen molar-refractivity contribution in [2.24, 2.45) is 5.92 Å². The van der Waals surface area contributed by atoms with Crippen molar-refractivity contribution in [2.75, 3.05) is 13.1 Å². The monoisotopic (exact) mass is 406 g/mol. The second-order valence-corrected chi connectivity index (χ2v) is 8.50. The Balaban J connectivity index is 1.39. The van der Waals surface area contributed by atoms with Crippen LogP contribution in [0.3, 0.4) is 0 Å². The van der Waals surface area contributed by atoms with Gasteiger partial charge in [-0.15, -0.1) is 0 Å². The lowest BCUT2D eigenvalue weighted by atomic mass is 9.95. The van der Waals surface area contributed by atoms with Crippen LogP contribution >= 0.6 is 0 Å². The number of nitrogens with one attached hydrogen (secondary N) is 1. The van der Waals surface area contributed by atoms with Gasteiger partial charge in [-0.1, -0.05) is 43.2 Å². The van der Waals surface area contributed by atoms with Crippen molar-refractivity contribution in [3.63, 3.8) is 0 Å². The van der Waals surface area contributed by atoms with E-state index >= 15 is 0 Å². The number of aryl methyl sites for hydroxylation is 1. The van der Waals surface area contributed by atoms with E-state index in [0.717, 1.165) is 43.6 Å². The molecule has 6 nitrogen and oxygen atoms in total. The summed E-state index contributed by atoms with van der Waals surface area (Å²) in [4.78, 5) is 36.6. The molecule has 4 rings (SSSR count). The van der Waals surface area contributed by atoms with Crippen LogP contribution in [-0.2, 0) is 11.3 Å². The van der Waals surface area contributed by atoms with Crippen molar-refractivity contribution in [2.45, 2.75) is 57.9 Å². The number of hydrogen-bond donors (Lipinski definition) is 1. The Morgan fingerprint density at radius 3 is 2.60 bits per heavy atom. The van der Waals surface area contributed by atoms with Crippen LogP contribution in [0.2, 0.25) is 0 Å². The SMILES string of the molecule is Cc1nc(C2CCCN(C(=O)C3CCCC3)C2)ncc1C(=O)NCc1ccccc1. The maximum Gasteiger partial charge on any atom is 0.254 e. The molecule has 1 aliphatic carbocycles. The van der Waals surface area contributed by atoms with Crippen molar-refractivity contribution in [3.05, 3.63) is 59.2 Å². The van der Waals surface area contributed by atoms with Crippen molar-refractivity contribution in [1.82, 2.24) is 20.2 Å². The number of hydrogen-bond acceptors (Lipinski definition) is 4. The average Bonchev–Trinajstić information content (AvgIpc) is 3.32. The third-order valence-electron chi connectivity index (χ3n) is 6.34. The summed E-state index contributed by atoms with van der Waals surface area (Å²) in [5.41, 5.74) is 2.24. The first-order valence-corrected chi connectivity index (χ1v) is 11.1. The molecule has 0 bridgehead atoms. The Bertz CT molecular complexity index is 893. The quantitative estimate of drug-likeness (QED) is 0.823. The molecule has 2 amide bonds. The van der Waals surface area contributed by atoms with Gasteiger partial charge in [0.05, 0.1) is 11.3 Å². The molecular weight excluding hydrogens is 376 g/mol. The Kier molecular flexibility index (Phi) is 6.41. The number of carbonyl (C=O) groups is 2. The Morgan fingerprint density at radius 1 is 1.10 bits per heavy atom. The molecule has 2 aromatic rings. The third kappa shape index (κ3) is 4.69. The molecule has 158 valence electrons. The fourth-order valence-corrected chi connectivity index (χ4v) is 4.60. The van der Waals surface area contributed by atoms with E-state index in [1.54, 1.807) is 6.20 Å². The molecule has 30 heavy (non-hydrogen) atoms. The average molecular weight is 407 g/mol. The first-order chi connectivity index (χ1) is 14.6. The van der Waals surface area contributed by atoms with Gasteiger partial charge in [-0.2, -0.15) is 0 Å². The van der Waals surface area contributed by atoms with Crippen molar-refractivity contribution in [3.8, 4) is 0 Å². The van der Waals surface area contributed by atoms with Gasteiger partial charge in [-0.3, -0.25) is 9.59 Å². The summed E-state index contributed by atoms with van der Waals surface area (Å²) < 4.78 is 0. The molecule has 1 N–H and O–H groups in total. The van der Waals surface area contributed by atoms with Crippen LogP contribution in [0.15, 0.2) is 36.5 Å². The number of rotatable bonds is 5. The lowest BCUT2D eigenvalue weighted by Gasteiger charge is -2.33. The molecule has 1 unspecified atom stereocenters. The van der Waals surface area contributed by atoms with Gasteiger partial charge in [0.25, 0.3) is 5.91 Å². The number of likely N-dealkylation sites (tertiary alicyclic amines) is 1. The van der Waals surface area contributed by atoms with Crippen LogP contribution in [0.1, 0.15) is 71.9 Å². The molecule has 1 aromatic heterocycles. The normalized spacial score (nSPS) is 19.6. The van der Waals surface area contributed by atoms with Gasteiger partial charge < -0.3 is 10.2 Å². The number of aromatic nitrogens is 2. The highest BCUT2D eigenvalue weighted by molar-refractivity contribution is 5.94. The predicted octanol–water partition coefficient (Wildman–Crippen LogP) is 3.61. The van der Waals surface area contributed by atoms with Crippen molar-refractivity contribution in [1.29, 1.82) is 0 Å². The van der Waals surface area contributed by atoms with E-state index < -0.39 is 0 Å². The van der Waals surface area contributed by atoms with Gasteiger partial charge >= 0.3 is 0 Å². The van der Waals surface area contributed by atoms with Crippen LogP contribution < -0.4 is 5.32 Å². The van der Waals surface area contributed by atoms with E-state index in [-0.39, 0.29) is 17.7 Å². The molecule has 1 aliphatic heterocycles. The minimum absolute atomic E-state index is 0.143. The molecule has 2 fully saturated rings. The largest absolute Gasteiger partial charge is 0.348 e. The highest BCUT2D eigenvalue weighted by Crippen LogP contribution is 2.30. The minimum Gasteiger partial charge on any atom is -0.348 e. The first-order valence-electron chi connectivity index (χ1n) is 11.1. The topological polar surface area (TPSA) is 75.2 Å². The Hall–Kier alpha value is -2.76. The Labute approximate surface area is 178 Å². The molecule has 1 saturated carbocycles. The zero-order chi connectivity index (χ0) is 20.9. The molecular formula is C24H30N4O2. The van der Waals surface area contributed by atoms with Gasteiger partial charge in [-0.05, 0) is 38.2 Å². The van der Waals surface area contributed by atoms with Crippen LogP contribution in [0.4, 0.5) is 0 Å². The summed E-state index contributed by atoms with van der Waals surface area (Å²) in [6.45, 7) is 3.85. The fourth-order valence-electron chi connectivity index (χ4n) is 4.60. The molecule has 0 radical (unpaired) electrons. The molecule has 1 saturated heterocycles. The van der Waals surface area contributed by atoms with E-state index in [1.807, 2.05) is 42.2 Å². The summed E-state index contributed by atoms with van der Waals surface area (Å²) in [5.74, 6) is 1.25. The predicted molar refractivity (Wildman–Crippen MR) is 115 cm³/mol. The van der Waals surface area contributed by atoms with E-state index in [4.69, 9.17) is 0 Å². The highest BCUT2D eigenvalue weighted by atomic mass is 16.2. The van der Waals surface area contributed by atoms with E-state index in [0.29, 0.717) is 30.3 Å². The van der Waals surface area contributed by atoms with Crippen molar-refractivity contribution < 1.29 is 9.59 Å². The van der Waals surface area contributed by atoms with Crippen molar-refractivity contribution >= 4 is 11.8 Å².